The van der Waals surface area contributed by atoms with Crippen molar-refractivity contribution in [1.29, 1.82) is 0 Å². The summed E-state index contributed by atoms with van der Waals surface area (Å²) in [6.45, 7) is 21.2. The molecule has 2 fully saturated rings. The van der Waals surface area contributed by atoms with Crippen LogP contribution in [0.4, 0.5) is 0 Å². The summed E-state index contributed by atoms with van der Waals surface area (Å²) in [6.07, 6.45) is -2.25. The normalized spacial score (nSPS) is 21.7. The molecule has 3 aromatic carbocycles. The molecule has 2 aliphatic heterocycles. The predicted octanol–water partition coefficient (Wildman–Crippen LogP) is 9.02. The van der Waals surface area contributed by atoms with Gasteiger partial charge >= 0.3 is 0 Å². The Balaban J connectivity index is 1.41. The number of ether oxygens (including phenoxy) is 4. The molecule has 0 spiro atoms. The van der Waals surface area contributed by atoms with E-state index in [0.29, 0.717) is 27.8 Å². The number of aliphatic hydroxyl groups is 1. The molecule has 0 saturated carbocycles. The van der Waals surface area contributed by atoms with Crippen molar-refractivity contribution >= 4 is 36.3 Å². The summed E-state index contributed by atoms with van der Waals surface area (Å²) in [7, 11) is -2.51. The van der Waals surface area contributed by atoms with Crippen molar-refractivity contribution < 1.29 is 24.1 Å². The first kappa shape index (κ1) is 39.7. The minimum atomic E-state index is -2.51. The molecule has 4 atom stereocenters. The smallest absolute Gasteiger partial charge is 0.167 e. The van der Waals surface area contributed by atoms with Gasteiger partial charge in [0, 0.05) is 0 Å². The highest BCUT2D eigenvalue weighted by molar-refractivity contribution is 6.94. The van der Waals surface area contributed by atoms with Crippen LogP contribution in [0.3, 0.4) is 0 Å². The van der Waals surface area contributed by atoms with Gasteiger partial charge in [0.1, 0.15) is 43.1 Å². The van der Waals surface area contributed by atoms with E-state index in [0.717, 1.165) is 22.1 Å². The molecule has 5 aromatic rings. The van der Waals surface area contributed by atoms with Crippen molar-refractivity contribution in [3.63, 3.8) is 0 Å². The van der Waals surface area contributed by atoms with Crippen molar-refractivity contribution in [2.24, 2.45) is 0 Å². The second kappa shape index (κ2) is 14.8. The number of hydrogen-bond acceptors (Lipinski definition) is 8. The number of rotatable bonds is 12. The first-order valence-corrected chi connectivity index (χ1v) is 22.1. The number of aromatic nitrogens is 4. The molecule has 2 saturated heterocycles. The van der Waals surface area contributed by atoms with E-state index in [9.17, 15) is 5.11 Å². The summed E-state index contributed by atoms with van der Waals surface area (Å²) in [5.74, 6) is -0.685. The largest absolute Gasteiger partial charge is 0.382 e. The molecule has 55 heavy (non-hydrogen) atoms. The highest BCUT2D eigenvalue weighted by atomic mass is 35.5. The van der Waals surface area contributed by atoms with E-state index in [1.165, 1.54) is 0 Å². The quantitative estimate of drug-likeness (QED) is 0.0761. The highest BCUT2D eigenvalue weighted by Gasteiger charge is 2.59. The molecule has 0 unspecified atom stereocenters. The third-order valence-corrected chi connectivity index (χ3v) is 18.8. The number of fused-ring (bicyclic) bond motifs is 2. The van der Waals surface area contributed by atoms with Crippen LogP contribution < -0.4 is 5.45 Å². The summed E-state index contributed by atoms with van der Waals surface area (Å²) in [5, 5.41) is 11.3. The van der Waals surface area contributed by atoms with Crippen LogP contribution in [0.1, 0.15) is 98.0 Å². The first-order valence-electron chi connectivity index (χ1n) is 19.5. The van der Waals surface area contributed by atoms with Gasteiger partial charge in [-0.15, -0.1) is 0 Å². The van der Waals surface area contributed by atoms with E-state index >= 15 is 0 Å². The van der Waals surface area contributed by atoms with E-state index in [4.69, 9.17) is 40.5 Å². The minimum Gasteiger partial charge on any atom is -0.382 e. The van der Waals surface area contributed by atoms with Crippen molar-refractivity contribution in [2.45, 2.75) is 127 Å². The number of benzene rings is 3. The first-order chi connectivity index (χ1) is 26.0. The van der Waals surface area contributed by atoms with Crippen LogP contribution in [0.25, 0.3) is 11.2 Å². The fourth-order valence-corrected chi connectivity index (χ4v) is 16.2. The van der Waals surface area contributed by atoms with Gasteiger partial charge in [-0.25, -0.2) is 15.0 Å². The molecule has 0 radical (unpaired) electrons. The third kappa shape index (κ3) is 6.77. The monoisotopic (exact) mass is 782 g/mol. The zero-order valence-electron chi connectivity index (χ0n) is 33.7. The average molecular weight is 783 g/mol. The predicted molar refractivity (Wildman–Crippen MR) is 219 cm³/mol. The molecule has 292 valence electrons. The molecule has 11 heteroatoms. The zero-order valence-corrected chi connectivity index (χ0v) is 35.4. The van der Waals surface area contributed by atoms with Gasteiger partial charge in [-0.2, -0.15) is 0 Å². The number of halogens is 1. The number of hydrogen-bond donors (Lipinski definition) is 1. The van der Waals surface area contributed by atoms with Gasteiger partial charge in [-0.1, -0.05) is 144 Å². The molecule has 2 aliphatic rings. The van der Waals surface area contributed by atoms with Gasteiger partial charge in [-0.3, -0.25) is 4.57 Å². The lowest BCUT2D eigenvalue weighted by Gasteiger charge is -2.43. The summed E-state index contributed by atoms with van der Waals surface area (Å²) >= 11 is 6.97. The van der Waals surface area contributed by atoms with E-state index in [1.54, 1.807) is 13.8 Å². The van der Waals surface area contributed by atoms with Gasteiger partial charge in [0.2, 0.25) is 0 Å². The van der Waals surface area contributed by atoms with Crippen LogP contribution in [0.15, 0.2) is 91.0 Å². The second-order valence-corrected chi connectivity index (χ2v) is 23.1. The van der Waals surface area contributed by atoms with Crippen LogP contribution in [0.5, 0.6) is 0 Å². The Hall–Kier alpha value is -3.48. The maximum atomic E-state index is 11.2. The maximum absolute atomic E-state index is 11.2. The van der Waals surface area contributed by atoms with Gasteiger partial charge < -0.3 is 24.1 Å². The Morgan fingerprint density at radius 2 is 1.24 bits per heavy atom. The van der Waals surface area contributed by atoms with E-state index < -0.39 is 49.6 Å². The SMILES string of the molecule is CC(C)[Si](c1nc2c(Cl)nc(C(C)(C)O)nc2n1[C@@H]1O[C@H](COC(c2ccccc2)(c2ccccc2)c2ccccc2)[C@H]2OC(C)(C)O[C@H]21)(C(C)C)C(C)C. The van der Waals surface area contributed by atoms with Gasteiger partial charge in [0.15, 0.2) is 28.6 Å². The molecule has 1 N–H and O–H groups in total. The lowest BCUT2D eigenvalue weighted by atomic mass is 9.80. The summed E-state index contributed by atoms with van der Waals surface area (Å²) in [5.41, 5.74) is 3.52. The zero-order chi connectivity index (χ0) is 39.5. The van der Waals surface area contributed by atoms with Crippen molar-refractivity contribution in [3.05, 3.63) is 119 Å². The number of nitrogens with zero attached hydrogens (tertiary/aromatic N) is 4. The van der Waals surface area contributed by atoms with Crippen LogP contribution in [0.2, 0.25) is 21.8 Å². The van der Waals surface area contributed by atoms with Gasteiger partial charge in [0.25, 0.3) is 0 Å². The average Bonchev–Trinajstić information content (AvgIpc) is 3.78. The molecule has 2 aromatic heterocycles. The number of imidazole rings is 1. The molecular formula is C44H55ClN4O5Si. The lowest BCUT2D eigenvalue weighted by molar-refractivity contribution is -0.204. The molecule has 0 aliphatic carbocycles. The highest BCUT2D eigenvalue weighted by Crippen LogP contribution is 2.48. The Morgan fingerprint density at radius 3 is 1.69 bits per heavy atom. The molecule has 0 amide bonds. The maximum Gasteiger partial charge on any atom is 0.167 e. The summed E-state index contributed by atoms with van der Waals surface area (Å²) in [6, 6.07) is 31.0. The molecule has 4 heterocycles. The Labute approximate surface area is 331 Å². The Morgan fingerprint density at radius 1 is 0.764 bits per heavy atom. The van der Waals surface area contributed by atoms with Crippen LogP contribution in [0, 0.1) is 0 Å². The fourth-order valence-electron chi connectivity index (χ4n) is 9.51. The summed E-state index contributed by atoms with van der Waals surface area (Å²) in [4.78, 5) is 14.9. The second-order valence-electron chi connectivity index (χ2n) is 17.0. The van der Waals surface area contributed by atoms with Crippen molar-refractivity contribution in [1.82, 2.24) is 19.5 Å². The minimum absolute atomic E-state index is 0.184. The lowest BCUT2D eigenvalue weighted by Crippen LogP contribution is -2.60. The van der Waals surface area contributed by atoms with Crippen molar-refractivity contribution in [3.8, 4) is 0 Å². The molecule has 0 bridgehead atoms. The molecule has 7 rings (SSSR count). The van der Waals surface area contributed by atoms with E-state index in [2.05, 4.69) is 87.5 Å². The topological polar surface area (TPSA) is 101 Å². The van der Waals surface area contributed by atoms with Gasteiger partial charge in [-0.05, 0) is 61.0 Å². The molecular weight excluding hydrogens is 728 g/mol. The third-order valence-electron chi connectivity index (χ3n) is 11.7. The fraction of sp³-hybridized carbons (Fsp3) is 0.477. The van der Waals surface area contributed by atoms with E-state index in [-0.39, 0.29) is 17.6 Å². The molecule has 9 nitrogen and oxygen atoms in total. The van der Waals surface area contributed by atoms with Crippen molar-refractivity contribution in [2.75, 3.05) is 6.61 Å². The summed E-state index contributed by atoms with van der Waals surface area (Å²) < 4.78 is 30.2. The van der Waals surface area contributed by atoms with Crippen LogP contribution >= 0.6 is 11.6 Å². The standard InChI is InChI=1S/C44H55ClN4O5Si/c1-27(2)55(28(3)4,29(5)6)41-46-34-37(45)47-40(42(7,8)50)48-38(34)49(41)39-36-35(53-43(9,10)54-36)33(52-39)26-51-44(30-20-14-11-15-21-30,31-22-16-12-17-23-31)32-24-18-13-19-25-32/h11-25,27-29,33,35-36,39,50H,26H2,1-10H3/t33-,35-,36-,39-/m1/s1. The van der Waals surface area contributed by atoms with Crippen LogP contribution in [-0.2, 0) is 30.1 Å². The Kier molecular flexibility index (Phi) is 10.7. The van der Waals surface area contributed by atoms with Gasteiger partial charge in [0.05, 0.1) is 12.1 Å². The van der Waals surface area contributed by atoms with Crippen LogP contribution in [-0.4, -0.2) is 63.4 Å². The van der Waals surface area contributed by atoms with E-state index in [1.807, 2.05) is 68.4 Å². The Bertz CT molecular complexity index is 1980.